The van der Waals surface area contributed by atoms with E-state index in [1.807, 2.05) is 0 Å². The second kappa shape index (κ2) is 8.31. The number of methoxy groups -OCH3 is 1. The van der Waals surface area contributed by atoms with E-state index in [0.717, 1.165) is 25.9 Å². The fourth-order valence-corrected chi connectivity index (χ4v) is 2.17. The maximum atomic E-state index is 9.52. The lowest BCUT2D eigenvalue weighted by molar-refractivity contribution is 0.113. The van der Waals surface area contributed by atoms with Gasteiger partial charge in [0.1, 0.15) is 0 Å². The summed E-state index contributed by atoms with van der Waals surface area (Å²) in [6, 6.07) is 8.44. The van der Waals surface area contributed by atoms with Gasteiger partial charge in [0, 0.05) is 32.2 Å². The first-order valence-electron chi connectivity index (χ1n) is 7.08. The van der Waals surface area contributed by atoms with Crippen LogP contribution in [0.3, 0.4) is 0 Å². The Hall–Kier alpha value is -0.900. The highest BCUT2D eigenvalue weighted by Gasteiger charge is 2.24. The van der Waals surface area contributed by atoms with Crippen molar-refractivity contribution in [3.8, 4) is 0 Å². The van der Waals surface area contributed by atoms with Gasteiger partial charge >= 0.3 is 0 Å². The van der Waals surface area contributed by atoms with E-state index < -0.39 is 0 Å². The lowest BCUT2D eigenvalue weighted by atomic mass is 9.83. The molecule has 0 fully saturated rings. The number of benzene rings is 1. The third kappa shape index (κ3) is 4.94. The summed E-state index contributed by atoms with van der Waals surface area (Å²) >= 11 is 0. The minimum Gasteiger partial charge on any atom is -0.396 e. The van der Waals surface area contributed by atoms with Crippen molar-refractivity contribution in [2.75, 3.05) is 20.3 Å². The number of aliphatic hydroxyl groups excluding tert-OH is 1. The summed E-state index contributed by atoms with van der Waals surface area (Å²) in [4.78, 5) is 0. The molecule has 0 aromatic heterocycles. The number of hydrogen-bond donors (Lipinski definition) is 2. The Morgan fingerprint density at radius 2 is 1.68 bits per heavy atom. The Bertz CT molecular complexity index is 336. The van der Waals surface area contributed by atoms with Crippen molar-refractivity contribution in [1.29, 1.82) is 0 Å². The standard InChI is InChI=1S/C16H27NO2/c1-4-16(5-2,13-18)12-17-10-14-6-8-15(9-7-14)11-19-3/h6-9,17-18H,4-5,10-13H2,1-3H3. The molecule has 1 aromatic carbocycles. The molecule has 0 saturated heterocycles. The zero-order valence-electron chi connectivity index (χ0n) is 12.4. The van der Waals surface area contributed by atoms with Gasteiger partial charge in [-0.25, -0.2) is 0 Å². The molecule has 0 unspecified atom stereocenters. The van der Waals surface area contributed by atoms with Gasteiger partial charge in [-0.3, -0.25) is 0 Å². The van der Waals surface area contributed by atoms with Crippen LogP contribution in [0.2, 0.25) is 0 Å². The molecule has 0 atom stereocenters. The molecule has 0 radical (unpaired) electrons. The van der Waals surface area contributed by atoms with Gasteiger partial charge in [-0.15, -0.1) is 0 Å². The molecule has 3 nitrogen and oxygen atoms in total. The SMILES string of the molecule is CCC(CC)(CO)CNCc1ccc(COC)cc1. The molecule has 0 heterocycles. The topological polar surface area (TPSA) is 41.5 Å². The first-order chi connectivity index (χ1) is 9.19. The molecule has 1 aromatic rings. The quantitative estimate of drug-likeness (QED) is 0.721. The minimum atomic E-state index is 0.0238. The van der Waals surface area contributed by atoms with Crippen molar-refractivity contribution in [1.82, 2.24) is 5.32 Å². The average Bonchev–Trinajstić information content (AvgIpc) is 2.46. The lowest BCUT2D eigenvalue weighted by Gasteiger charge is -2.29. The van der Waals surface area contributed by atoms with Gasteiger partial charge in [-0.1, -0.05) is 38.1 Å². The summed E-state index contributed by atoms with van der Waals surface area (Å²) in [6.07, 6.45) is 2.00. The summed E-state index contributed by atoms with van der Waals surface area (Å²) in [5.41, 5.74) is 2.48. The van der Waals surface area contributed by atoms with Crippen molar-refractivity contribution < 1.29 is 9.84 Å². The van der Waals surface area contributed by atoms with Gasteiger partial charge in [0.25, 0.3) is 0 Å². The van der Waals surface area contributed by atoms with Crippen LogP contribution in [0.25, 0.3) is 0 Å². The molecular formula is C16H27NO2. The van der Waals surface area contributed by atoms with Crippen molar-refractivity contribution in [2.24, 2.45) is 5.41 Å². The van der Waals surface area contributed by atoms with Gasteiger partial charge < -0.3 is 15.2 Å². The molecule has 0 aliphatic carbocycles. The molecular weight excluding hydrogens is 238 g/mol. The Labute approximate surface area is 117 Å². The van der Waals surface area contributed by atoms with Gasteiger partial charge in [0.2, 0.25) is 0 Å². The van der Waals surface area contributed by atoms with Crippen molar-refractivity contribution in [3.63, 3.8) is 0 Å². The normalized spacial score (nSPS) is 11.8. The molecule has 0 aliphatic rings. The fourth-order valence-electron chi connectivity index (χ4n) is 2.17. The highest BCUT2D eigenvalue weighted by molar-refractivity contribution is 5.21. The molecule has 0 aliphatic heterocycles. The van der Waals surface area contributed by atoms with Crippen LogP contribution in [0.1, 0.15) is 37.8 Å². The molecule has 108 valence electrons. The molecule has 0 spiro atoms. The van der Waals surface area contributed by atoms with Crippen molar-refractivity contribution >= 4 is 0 Å². The first kappa shape index (κ1) is 16.2. The van der Waals surface area contributed by atoms with Crippen LogP contribution >= 0.6 is 0 Å². The Morgan fingerprint density at radius 3 is 2.16 bits per heavy atom. The zero-order chi connectivity index (χ0) is 14.1. The Balaban J connectivity index is 2.44. The van der Waals surface area contributed by atoms with Crippen LogP contribution in [-0.4, -0.2) is 25.4 Å². The van der Waals surface area contributed by atoms with Crippen LogP contribution in [0, 0.1) is 5.41 Å². The van der Waals surface area contributed by atoms with E-state index in [-0.39, 0.29) is 12.0 Å². The first-order valence-corrected chi connectivity index (χ1v) is 7.08. The predicted octanol–water partition coefficient (Wildman–Crippen LogP) is 2.72. The maximum Gasteiger partial charge on any atom is 0.0713 e. The predicted molar refractivity (Wildman–Crippen MR) is 79.0 cm³/mol. The molecule has 19 heavy (non-hydrogen) atoms. The van der Waals surface area contributed by atoms with Crippen LogP contribution < -0.4 is 5.32 Å². The summed E-state index contributed by atoms with van der Waals surface area (Å²) in [5.74, 6) is 0. The van der Waals surface area contributed by atoms with Crippen LogP contribution in [0.15, 0.2) is 24.3 Å². The average molecular weight is 265 g/mol. The highest BCUT2D eigenvalue weighted by Crippen LogP contribution is 2.24. The van der Waals surface area contributed by atoms with Crippen molar-refractivity contribution in [2.45, 2.75) is 39.8 Å². The van der Waals surface area contributed by atoms with E-state index in [4.69, 9.17) is 4.74 Å². The Kier molecular flexibility index (Phi) is 7.06. The van der Waals surface area contributed by atoms with Crippen LogP contribution in [0.5, 0.6) is 0 Å². The van der Waals surface area contributed by atoms with E-state index in [2.05, 4.69) is 43.4 Å². The molecule has 0 bridgehead atoms. The third-order valence-electron chi connectivity index (χ3n) is 4.00. The highest BCUT2D eigenvalue weighted by atomic mass is 16.5. The fraction of sp³-hybridized carbons (Fsp3) is 0.625. The minimum absolute atomic E-state index is 0.0238. The number of rotatable bonds is 9. The molecule has 0 amide bonds. The number of nitrogens with one attached hydrogen (secondary N) is 1. The Morgan fingerprint density at radius 1 is 1.11 bits per heavy atom. The second-order valence-electron chi connectivity index (χ2n) is 5.22. The van der Waals surface area contributed by atoms with Crippen LogP contribution in [-0.2, 0) is 17.9 Å². The number of aliphatic hydroxyl groups is 1. The summed E-state index contributed by atoms with van der Waals surface area (Å²) in [6.45, 7) is 6.89. The molecule has 0 saturated carbocycles. The van der Waals surface area contributed by atoms with Crippen molar-refractivity contribution in [3.05, 3.63) is 35.4 Å². The summed E-state index contributed by atoms with van der Waals surface area (Å²) in [7, 11) is 1.71. The van der Waals surface area contributed by atoms with E-state index in [0.29, 0.717) is 6.61 Å². The second-order valence-corrected chi connectivity index (χ2v) is 5.22. The van der Waals surface area contributed by atoms with E-state index >= 15 is 0 Å². The monoisotopic (exact) mass is 265 g/mol. The molecule has 3 heteroatoms. The maximum absolute atomic E-state index is 9.52. The van der Waals surface area contributed by atoms with Gasteiger partial charge in [0.15, 0.2) is 0 Å². The van der Waals surface area contributed by atoms with Crippen LogP contribution in [0.4, 0.5) is 0 Å². The summed E-state index contributed by atoms with van der Waals surface area (Å²) in [5, 5.41) is 13.0. The van der Waals surface area contributed by atoms with Gasteiger partial charge in [-0.05, 0) is 24.0 Å². The lowest BCUT2D eigenvalue weighted by Crippen LogP contribution is -2.36. The van der Waals surface area contributed by atoms with Gasteiger partial charge in [0.05, 0.1) is 6.61 Å². The van der Waals surface area contributed by atoms with E-state index in [1.54, 1.807) is 7.11 Å². The largest absolute Gasteiger partial charge is 0.396 e. The van der Waals surface area contributed by atoms with Gasteiger partial charge in [-0.2, -0.15) is 0 Å². The number of ether oxygens (including phenoxy) is 1. The summed E-state index contributed by atoms with van der Waals surface area (Å²) < 4.78 is 5.09. The third-order valence-corrected chi connectivity index (χ3v) is 4.00. The number of hydrogen-bond acceptors (Lipinski definition) is 3. The zero-order valence-corrected chi connectivity index (χ0v) is 12.4. The van der Waals surface area contributed by atoms with E-state index in [1.165, 1.54) is 11.1 Å². The van der Waals surface area contributed by atoms with E-state index in [9.17, 15) is 5.11 Å². The smallest absolute Gasteiger partial charge is 0.0713 e. The molecule has 1 rings (SSSR count). The molecule has 2 N–H and O–H groups in total.